The Kier molecular flexibility index (Phi) is 5.10. The van der Waals surface area contributed by atoms with E-state index >= 15 is 0 Å². The van der Waals surface area contributed by atoms with Gasteiger partial charge in [0.2, 0.25) is 9.84 Å². The van der Waals surface area contributed by atoms with Gasteiger partial charge in [0.15, 0.2) is 5.78 Å². The van der Waals surface area contributed by atoms with Crippen LogP contribution in [0.25, 0.3) is 0 Å². The molecule has 2 rings (SSSR count). The molecule has 5 nitrogen and oxygen atoms in total. The number of hydrogen-bond acceptors (Lipinski definition) is 5. The number of pyridine rings is 1. The lowest BCUT2D eigenvalue weighted by Gasteiger charge is -2.07. The Hall–Kier alpha value is -1.99. The molecule has 0 aliphatic rings. The number of carbonyl (C=O) groups is 1. The molecule has 0 amide bonds. The number of hydrogen-bond donors (Lipinski definition) is 1. The van der Waals surface area contributed by atoms with Crippen LogP contribution in [0.5, 0.6) is 0 Å². The SMILES string of the molecule is CC(=O)C(=CNc1ccc(Br)cn1)S(=O)(=O)c1ccccc1. The molecule has 0 radical (unpaired) electrons. The van der Waals surface area contributed by atoms with Crippen molar-refractivity contribution in [1.82, 2.24) is 4.98 Å². The Balaban J connectivity index is 2.36. The lowest BCUT2D eigenvalue weighted by atomic mass is 10.4. The molecule has 0 spiro atoms. The van der Waals surface area contributed by atoms with Gasteiger partial charge in [0.05, 0.1) is 4.90 Å². The van der Waals surface area contributed by atoms with Crippen molar-refractivity contribution < 1.29 is 13.2 Å². The van der Waals surface area contributed by atoms with E-state index in [9.17, 15) is 13.2 Å². The minimum Gasteiger partial charge on any atom is -0.345 e. The molecule has 0 bridgehead atoms. The van der Waals surface area contributed by atoms with Crippen LogP contribution in [0, 0.1) is 0 Å². The van der Waals surface area contributed by atoms with Gasteiger partial charge in [0.25, 0.3) is 0 Å². The van der Waals surface area contributed by atoms with E-state index in [1.165, 1.54) is 25.3 Å². The number of allylic oxidation sites excluding steroid dienone is 1. The molecule has 1 aromatic carbocycles. The Morgan fingerprint density at radius 3 is 2.41 bits per heavy atom. The summed E-state index contributed by atoms with van der Waals surface area (Å²) in [6, 6.07) is 11.2. The summed E-state index contributed by atoms with van der Waals surface area (Å²) in [7, 11) is -3.87. The maximum absolute atomic E-state index is 12.5. The van der Waals surface area contributed by atoms with Crippen molar-refractivity contribution in [2.75, 3.05) is 5.32 Å². The number of ketones is 1. The fraction of sp³-hybridized carbons (Fsp3) is 0.0667. The van der Waals surface area contributed by atoms with Crippen LogP contribution < -0.4 is 5.32 Å². The van der Waals surface area contributed by atoms with E-state index in [-0.39, 0.29) is 9.80 Å². The van der Waals surface area contributed by atoms with Gasteiger partial charge in [-0.15, -0.1) is 0 Å². The molecular weight excluding hydrogens is 368 g/mol. The Bertz CT molecular complexity index is 800. The number of Topliss-reactive ketones (excluding diaryl/α,β-unsaturated/α-hetero) is 1. The van der Waals surface area contributed by atoms with E-state index in [0.29, 0.717) is 5.82 Å². The lowest BCUT2D eigenvalue weighted by Crippen LogP contribution is -2.13. The number of rotatable bonds is 5. The minimum atomic E-state index is -3.87. The summed E-state index contributed by atoms with van der Waals surface area (Å²) in [5, 5.41) is 2.74. The second-order valence-corrected chi connectivity index (χ2v) is 7.22. The summed E-state index contributed by atoms with van der Waals surface area (Å²) < 4.78 is 25.8. The highest BCUT2D eigenvalue weighted by molar-refractivity contribution is 9.10. The molecule has 0 fully saturated rings. The maximum Gasteiger partial charge on any atom is 0.211 e. The first-order chi connectivity index (χ1) is 10.4. The normalized spacial score (nSPS) is 12.0. The topological polar surface area (TPSA) is 76.1 Å². The highest BCUT2D eigenvalue weighted by Gasteiger charge is 2.24. The molecule has 0 aliphatic heterocycles. The summed E-state index contributed by atoms with van der Waals surface area (Å²) in [5.74, 6) is -0.112. The van der Waals surface area contributed by atoms with Crippen LogP contribution >= 0.6 is 15.9 Å². The third-order valence-electron chi connectivity index (χ3n) is 2.77. The van der Waals surface area contributed by atoms with Gasteiger partial charge in [-0.25, -0.2) is 13.4 Å². The van der Waals surface area contributed by atoms with Crippen molar-refractivity contribution in [3.63, 3.8) is 0 Å². The third-order valence-corrected chi connectivity index (χ3v) is 5.11. The Labute approximate surface area is 137 Å². The van der Waals surface area contributed by atoms with Crippen LogP contribution in [0.4, 0.5) is 5.82 Å². The quantitative estimate of drug-likeness (QED) is 0.806. The summed E-state index contributed by atoms with van der Waals surface area (Å²) >= 11 is 3.26. The Morgan fingerprint density at radius 2 is 1.86 bits per heavy atom. The molecule has 0 saturated carbocycles. The van der Waals surface area contributed by atoms with E-state index in [2.05, 4.69) is 26.2 Å². The molecule has 1 heterocycles. The summed E-state index contributed by atoms with van der Waals surface area (Å²) in [6.45, 7) is 1.21. The molecule has 0 atom stereocenters. The fourth-order valence-electron chi connectivity index (χ4n) is 1.70. The monoisotopic (exact) mass is 380 g/mol. The van der Waals surface area contributed by atoms with Gasteiger partial charge >= 0.3 is 0 Å². The van der Waals surface area contributed by atoms with Gasteiger partial charge in [-0.2, -0.15) is 0 Å². The average Bonchev–Trinajstić information content (AvgIpc) is 2.50. The first-order valence-electron chi connectivity index (χ1n) is 6.30. The number of aromatic nitrogens is 1. The number of nitrogens with one attached hydrogen (secondary N) is 1. The standard InChI is InChI=1S/C15H13BrN2O3S/c1-11(19)14(10-18-15-8-7-12(16)9-17-15)22(20,21)13-5-3-2-4-6-13/h2-10H,1H3,(H,17,18). The van der Waals surface area contributed by atoms with Crippen molar-refractivity contribution in [2.45, 2.75) is 11.8 Å². The van der Waals surface area contributed by atoms with Gasteiger partial charge in [-0.1, -0.05) is 18.2 Å². The fourth-order valence-corrected chi connectivity index (χ4v) is 3.29. The van der Waals surface area contributed by atoms with E-state index in [4.69, 9.17) is 0 Å². The van der Waals surface area contributed by atoms with Crippen molar-refractivity contribution in [3.05, 3.63) is 64.2 Å². The molecule has 1 aromatic heterocycles. The number of nitrogens with zero attached hydrogens (tertiary/aromatic N) is 1. The highest BCUT2D eigenvalue weighted by Crippen LogP contribution is 2.20. The van der Waals surface area contributed by atoms with Crippen molar-refractivity contribution in [3.8, 4) is 0 Å². The molecule has 1 N–H and O–H groups in total. The second kappa shape index (κ2) is 6.85. The zero-order valence-corrected chi connectivity index (χ0v) is 14.1. The van der Waals surface area contributed by atoms with Crippen molar-refractivity contribution in [2.24, 2.45) is 0 Å². The molecule has 22 heavy (non-hydrogen) atoms. The van der Waals surface area contributed by atoms with E-state index in [0.717, 1.165) is 4.47 Å². The highest BCUT2D eigenvalue weighted by atomic mass is 79.9. The lowest BCUT2D eigenvalue weighted by molar-refractivity contribution is -0.113. The predicted octanol–water partition coefficient (Wildman–Crippen LogP) is 3.16. The predicted molar refractivity (Wildman–Crippen MR) is 88.0 cm³/mol. The first kappa shape index (κ1) is 16.4. The molecule has 7 heteroatoms. The van der Waals surface area contributed by atoms with Crippen LogP contribution in [0.1, 0.15) is 6.92 Å². The number of carbonyl (C=O) groups excluding carboxylic acids is 1. The second-order valence-electron chi connectivity index (χ2n) is 4.39. The van der Waals surface area contributed by atoms with E-state index in [1.807, 2.05) is 0 Å². The molecule has 0 saturated heterocycles. The van der Waals surface area contributed by atoms with Crippen LogP contribution in [0.2, 0.25) is 0 Å². The largest absolute Gasteiger partial charge is 0.345 e. The molecule has 114 valence electrons. The molecule has 2 aromatic rings. The number of anilines is 1. The summed E-state index contributed by atoms with van der Waals surface area (Å²) in [5.41, 5.74) is 0. The van der Waals surface area contributed by atoms with Crippen LogP contribution in [0.15, 0.2) is 69.1 Å². The zero-order valence-electron chi connectivity index (χ0n) is 11.7. The van der Waals surface area contributed by atoms with Gasteiger partial charge in [0.1, 0.15) is 10.7 Å². The minimum absolute atomic E-state index is 0.0713. The smallest absolute Gasteiger partial charge is 0.211 e. The van der Waals surface area contributed by atoms with E-state index in [1.54, 1.807) is 36.5 Å². The maximum atomic E-state index is 12.5. The molecule has 0 unspecified atom stereocenters. The summed E-state index contributed by atoms with van der Waals surface area (Å²) in [6.07, 6.45) is 2.73. The summed E-state index contributed by atoms with van der Waals surface area (Å²) in [4.78, 5) is 15.5. The number of benzene rings is 1. The molecule has 0 aliphatic carbocycles. The number of halogens is 1. The van der Waals surface area contributed by atoms with Crippen LogP contribution in [-0.2, 0) is 14.6 Å². The molecular formula is C15H13BrN2O3S. The van der Waals surface area contributed by atoms with Gasteiger partial charge in [-0.05, 0) is 47.1 Å². The first-order valence-corrected chi connectivity index (χ1v) is 8.58. The van der Waals surface area contributed by atoms with Gasteiger partial charge in [-0.3, -0.25) is 4.79 Å². The van der Waals surface area contributed by atoms with Crippen molar-refractivity contribution >= 4 is 37.4 Å². The van der Waals surface area contributed by atoms with Crippen LogP contribution in [-0.4, -0.2) is 19.2 Å². The van der Waals surface area contributed by atoms with Gasteiger partial charge in [0, 0.05) is 16.9 Å². The number of sulfone groups is 1. The third kappa shape index (κ3) is 3.80. The van der Waals surface area contributed by atoms with Crippen molar-refractivity contribution in [1.29, 1.82) is 0 Å². The Morgan fingerprint density at radius 1 is 1.18 bits per heavy atom. The van der Waals surface area contributed by atoms with Gasteiger partial charge < -0.3 is 5.32 Å². The average molecular weight is 381 g/mol. The van der Waals surface area contributed by atoms with Crippen LogP contribution in [0.3, 0.4) is 0 Å². The van der Waals surface area contributed by atoms with E-state index < -0.39 is 15.6 Å². The zero-order chi connectivity index (χ0) is 16.2.